The molecule has 0 unspecified atom stereocenters. The lowest BCUT2D eigenvalue weighted by molar-refractivity contribution is 0.624. The molecule has 0 bridgehead atoms. The molecule has 7 nitrogen and oxygen atoms in total. The fourth-order valence-corrected chi connectivity index (χ4v) is 4.28. The van der Waals surface area contributed by atoms with E-state index in [9.17, 15) is 4.39 Å². The van der Waals surface area contributed by atoms with Gasteiger partial charge in [-0.2, -0.15) is 5.10 Å². The van der Waals surface area contributed by atoms with Crippen LogP contribution in [0, 0.1) is 5.82 Å². The van der Waals surface area contributed by atoms with Gasteiger partial charge >= 0.3 is 0 Å². The fraction of sp³-hybridized carbons (Fsp3) is 0.125. The monoisotopic (exact) mass is 535 g/mol. The molecule has 40 heavy (non-hydrogen) atoms. The third kappa shape index (κ3) is 6.19. The van der Waals surface area contributed by atoms with Crippen LogP contribution in [0.2, 0.25) is 0 Å². The molecule has 0 aliphatic rings. The molecule has 3 N–H and O–H groups in total. The number of pyridine rings is 2. The van der Waals surface area contributed by atoms with Crippen molar-refractivity contribution in [1.29, 1.82) is 0 Å². The van der Waals surface area contributed by atoms with Crippen LogP contribution in [0.3, 0.4) is 0 Å². The SMILES string of the molecule is C=C.C=C.CC.CNCc1cc(F)cc(-c2cncc3[nH]c(-c4n[nH]c5ccc(-c6cccnc6)cc45)nc23)c1. The molecule has 4 aromatic heterocycles. The molecule has 0 spiro atoms. The van der Waals surface area contributed by atoms with Crippen molar-refractivity contribution in [1.82, 2.24) is 35.5 Å². The number of hydrogen-bond donors (Lipinski definition) is 3. The molecule has 0 radical (unpaired) electrons. The predicted molar refractivity (Wildman–Crippen MR) is 164 cm³/mol. The van der Waals surface area contributed by atoms with E-state index in [1.54, 1.807) is 18.6 Å². The summed E-state index contributed by atoms with van der Waals surface area (Å²) in [6.07, 6.45) is 7.03. The first-order chi connectivity index (χ1) is 19.7. The number of nitrogens with zero attached hydrogens (tertiary/aromatic N) is 4. The van der Waals surface area contributed by atoms with E-state index in [1.807, 2.05) is 57.4 Å². The molecule has 0 saturated carbocycles. The van der Waals surface area contributed by atoms with Gasteiger partial charge < -0.3 is 10.3 Å². The molecule has 0 amide bonds. The van der Waals surface area contributed by atoms with Gasteiger partial charge in [0.2, 0.25) is 0 Å². The van der Waals surface area contributed by atoms with Crippen LogP contribution in [0.5, 0.6) is 0 Å². The third-order valence-electron chi connectivity index (χ3n) is 5.83. The quantitative estimate of drug-likeness (QED) is 0.196. The van der Waals surface area contributed by atoms with Crippen LogP contribution in [-0.2, 0) is 6.54 Å². The molecule has 0 aliphatic heterocycles. The minimum absolute atomic E-state index is 0.295. The Labute approximate surface area is 234 Å². The van der Waals surface area contributed by atoms with Gasteiger partial charge in [-0.3, -0.25) is 15.1 Å². The van der Waals surface area contributed by atoms with Crippen LogP contribution < -0.4 is 5.32 Å². The maximum atomic E-state index is 14.3. The number of nitrogens with one attached hydrogen (secondary N) is 3. The summed E-state index contributed by atoms with van der Waals surface area (Å²) in [6, 6.07) is 15.0. The minimum Gasteiger partial charge on any atom is -0.335 e. The number of hydrogen-bond acceptors (Lipinski definition) is 5. The zero-order chi connectivity index (χ0) is 29.1. The highest BCUT2D eigenvalue weighted by Gasteiger charge is 2.17. The van der Waals surface area contributed by atoms with Crippen LogP contribution in [0.4, 0.5) is 4.39 Å². The van der Waals surface area contributed by atoms with Gasteiger partial charge in [-0.05, 0) is 60.1 Å². The van der Waals surface area contributed by atoms with Gasteiger partial charge in [0.25, 0.3) is 0 Å². The molecule has 4 heterocycles. The molecule has 0 aliphatic carbocycles. The number of aromatic nitrogens is 6. The molecular formula is C32H34FN7. The Morgan fingerprint density at radius 1 is 0.850 bits per heavy atom. The number of benzene rings is 2. The second-order valence-corrected chi connectivity index (χ2v) is 8.12. The first kappa shape index (κ1) is 29.6. The Morgan fingerprint density at radius 2 is 1.65 bits per heavy atom. The van der Waals surface area contributed by atoms with E-state index in [2.05, 4.69) is 62.8 Å². The zero-order valence-corrected chi connectivity index (χ0v) is 23.1. The van der Waals surface area contributed by atoms with Gasteiger partial charge in [-0.15, -0.1) is 26.3 Å². The second kappa shape index (κ2) is 14.3. The maximum Gasteiger partial charge on any atom is 0.159 e. The predicted octanol–water partition coefficient (Wildman–Crippen LogP) is 7.72. The van der Waals surface area contributed by atoms with Crippen LogP contribution in [0.1, 0.15) is 19.4 Å². The van der Waals surface area contributed by atoms with Gasteiger partial charge in [-0.1, -0.05) is 26.0 Å². The van der Waals surface area contributed by atoms with Gasteiger partial charge in [0.15, 0.2) is 5.82 Å². The van der Waals surface area contributed by atoms with E-state index in [0.29, 0.717) is 23.6 Å². The number of halogens is 1. The molecular weight excluding hydrogens is 501 g/mol. The average Bonchev–Trinajstić information content (AvgIpc) is 3.64. The number of aromatic amines is 2. The summed E-state index contributed by atoms with van der Waals surface area (Å²) in [5.41, 5.74) is 7.49. The van der Waals surface area contributed by atoms with Crippen LogP contribution in [0.25, 0.3) is 55.7 Å². The average molecular weight is 536 g/mol. The van der Waals surface area contributed by atoms with Crippen molar-refractivity contribution >= 4 is 21.9 Å². The van der Waals surface area contributed by atoms with E-state index in [4.69, 9.17) is 4.98 Å². The van der Waals surface area contributed by atoms with Crippen LogP contribution in [-0.4, -0.2) is 37.2 Å². The molecule has 0 saturated heterocycles. The lowest BCUT2D eigenvalue weighted by Crippen LogP contribution is -2.05. The van der Waals surface area contributed by atoms with Crippen LogP contribution in [0.15, 0.2) is 99.6 Å². The summed E-state index contributed by atoms with van der Waals surface area (Å²) < 4.78 is 14.3. The minimum atomic E-state index is -0.295. The van der Waals surface area contributed by atoms with Crippen molar-refractivity contribution in [2.45, 2.75) is 20.4 Å². The summed E-state index contributed by atoms with van der Waals surface area (Å²) in [6.45, 7) is 16.6. The van der Waals surface area contributed by atoms with Crippen molar-refractivity contribution < 1.29 is 4.39 Å². The van der Waals surface area contributed by atoms with E-state index >= 15 is 0 Å². The van der Waals surface area contributed by atoms with Crippen molar-refractivity contribution in [2.24, 2.45) is 0 Å². The molecule has 0 atom stereocenters. The highest BCUT2D eigenvalue weighted by molar-refractivity contribution is 5.98. The summed E-state index contributed by atoms with van der Waals surface area (Å²) >= 11 is 0. The Hall–Kier alpha value is -4.95. The standard InChI is InChI=1S/C26H20FN7.C2H6.2C2H4/c1-28-11-15-7-18(9-19(27)8-15)21-13-30-14-23-24(21)32-26(31-23)25-20-10-16(4-5-22(20)33-34-25)17-3-2-6-29-12-17;3*1-2/h2-10,12-14,28H,11H2,1H3,(H,31,32)(H,33,34);1-2H3;2*1-2H2. The first-order valence-corrected chi connectivity index (χ1v) is 12.9. The lowest BCUT2D eigenvalue weighted by atomic mass is 10.0. The van der Waals surface area contributed by atoms with Crippen molar-refractivity contribution in [2.75, 3.05) is 7.05 Å². The second-order valence-electron chi connectivity index (χ2n) is 8.12. The van der Waals surface area contributed by atoms with E-state index in [1.165, 1.54) is 12.1 Å². The van der Waals surface area contributed by atoms with E-state index in [0.717, 1.165) is 44.2 Å². The van der Waals surface area contributed by atoms with Crippen molar-refractivity contribution in [3.63, 3.8) is 0 Å². The molecule has 8 heteroatoms. The molecule has 6 rings (SSSR count). The number of imidazole rings is 1. The maximum absolute atomic E-state index is 14.3. The van der Waals surface area contributed by atoms with E-state index in [-0.39, 0.29) is 5.82 Å². The summed E-state index contributed by atoms with van der Waals surface area (Å²) in [5.74, 6) is 0.322. The highest BCUT2D eigenvalue weighted by Crippen LogP contribution is 2.33. The topological polar surface area (TPSA) is 95.2 Å². The Balaban J connectivity index is 0.000000691. The Kier molecular flexibility index (Phi) is 10.6. The smallest absolute Gasteiger partial charge is 0.159 e. The van der Waals surface area contributed by atoms with Gasteiger partial charge in [0, 0.05) is 41.6 Å². The fourth-order valence-electron chi connectivity index (χ4n) is 4.28. The highest BCUT2D eigenvalue weighted by atomic mass is 19.1. The van der Waals surface area contributed by atoms with Crippen molar-refractivity contribution in [3.8, 4) is 33.8 Å². The van der Waals surface area contributed by atoms with Gasteiger partial charge in [0.05, 0.1) is 22.7 Å². The van der Waals surface area contributed by atoms with Gasteiger partial charge in [-0.25, -0.2) is 9.37 Å². The molecule has 6 aromatic rings. The van der Waals surface area contributed by atoms with Gasteiger partial charge in [0.1, 0.15) is 11.5 Å². The molecule has 0 fully saturated rings. The summed E-state index contributed by atoms with van der Waals surface area (Å²) in [4.78, 5) is 16.8. The molecule has 204 valence electrons. The van der Waals surface area contributed by atoms with E-state index < -0.39 is 0 Å². The molecule has 2 aromatic carbocycles. The third-order valence-corrected chi connectivity index (χ3v) is 5.83. The largest absolute Gasteiger partial charge is 0.335 e. The van der Waals surface area contributed by atoms with Crippen molar-refractivity contribution in [3.05, 3.63) is 111 Å². The summed E-state index contributed by atoms with van der Waals surface area (Å²) in [7, 11) is 1.83. The number of fused-ring (bicyclic) bond motifs is 2. The van der Waals surface area contributed by atoms with Crippen LogP contribution >= 0.6 is 0 Å². The number of H-pyrrole nitrogens is 2. The lowest BCUT2D eigenvalue weighted by Gasteiger charge is -2.06. The Morgan fingerprint density at radius 3 is 2.38 bits per heavy atom. The Bertz CT molecular complexity index is 1670. The normalized spacial score (nSPS) is 10.1. The summed E-state index contributed by atoms with van der Waals surface area (Å²) in [5, 5.41) is 11.6. The number of rotatable bonds is 5. The zero-order valence-electron chi connectivity index (χ0n) is 23.1. The first-order valence-electron chi connectivity index (χ1n) is 12.9.